The number of benzene rings is 1. The van der Waals surface area contributed by atoms with Gasteiger partial charge in [-0.15, -0.1) is 11.3 Å². The number of hydrogen-bond donors (Lipinski definition) is 1. The highest BCUT2D eigenvalue weighted by atomic mass is 32.1. The topological polar surface area (TPSA) is 118 Å². The summed E-state index contributed by atoms with van der Waals surface area (Å²) in [5, 5.41) is 4.87. The number of urea groups is 1. The molecule has 1 N–H and O–H groups in total. The second-order valence-corrected chi connectivity index (χ2v) is 7.71. The summed E-state index contributed by atoms with van der Waals surface area (Å²) in [7, 11) is 0. The highest BCUT2D eigenvalue weighted by Gasteiger charge is 2.25. The van der Waals surface area contributed by atoms with Crippen molar-refractivity contribution in [1.29, 1.82) is 0 Å². The molecule has 164 valence electrons. The minimum atomic E-state index is -0.683. The number of hydrogen-bond acceptors (Lipinski definition) is 8. The largest absolute Gasteiger partial charge is 0.451 e. The zero-order valence-corrected chi connectivity index (χ0v) is 17.8. The van der Waals surface area contributed by atoms with Gasteiger partial charge in [0.25, 0.3) is 5.91 Å². The molecule has 0 aliphatic carbocycles. The average molecular weight is 452 g/mol. The van der Waals surface area contributed by atoms with Gasteiger partial charge in [0.15, 0.2) is 23.1 Å². The second-order valence-electron chi connectivity index (χ2n) is 6.85. The zero-order valence-electron chi connectivity index (χ0n) is 17.0. The lowest BCUT2D eigenvalue weighted by Crippen LogP contribution is -2.52. The molecule has 1 saturated heterocycles. The normalized spacial score (nSPS) is 13.5. The van der Waals surface area contributed by atoms with Gasteiger partial charge in [0.1, 0.15) is 0 Å². The van der Waals surface area contributed by atoms with E-state index < -0.39 is 5.97 Å². The number of carbonyl (C=O) groups is 3. The van der Waals surface area contributed by atoms with Crippen LogP contribution < -0.4 is 5.32 Å². The molecule has 2 aromatic heterocycles. The summed E-state index contributed by atoms with van der Waals surface area (Å²) in [6, 6.07) is 10.7. The standard InChI is InChI=1S/C21H20N6O4S/c28-17(13-31-20(29)16-14-32-19(25-16)18-22-7-4-8-23-18)26-9-11-27(12-10-26)21(30)24-15-5-2-1-3-6-15/h1-8,14H,9-13H2,(H,24,30). The molecule has 32 heavy (non-hydrogen) atoms. The molecule has 1 aromatic carbocycles. The van der Waals surface area contributed by atoms with Crippen molar-refractivity contribution in [3.63, 3.8) is 0 Å². The van der Waals surface area contributed by atoms with Crippen molar-refractivity contribution in [2.45, 2.75) is 0 Å². The fraction of sp³-hybridized carbons (Fsp3) is 0.238. The zero-order chi connectivity index (χ0) is 22.3. The number of para-hydroxylation sites is 1. The van der Waals surface area contributed by atoms with Crippen molar-refractivity contribution in [3.8, 4) is 10.8 Å². The molecule has 1 aliphatic rings. The maximum Gasteiger partial charge on any atom is 0.358 e. The Morgan fingerprint density at radius 1 is 0.969 bits per heavy atom. The molecule has 1 fully saturated rings. The Hall–Kier alpha value is -3.86. The molecule has 1 aliphatic heterocycles. The lowest BCUT2D eigenvalue weighted by molar-refractivity contribution is -0.135. The number of ether oxygens (including phenoxy) is 1. The van der Waals surface area contributed by atoms with Gasteiger partial charge in [-0.2, -0.15) is 0 Å². The van der Waals surface area contributed by atoms with E-state index in [0.717, 1.165) is 0 Å². The molecule has 0 bridgehead atoms. The smallest absolute Gasteiger partial charge is 0.358 e. The van der Waals surface area contributed by atoms with Gasteiger partial charge in [0, 0.05) is 49.6 Å². The van der Waals surface area contributed by atoms with Crippen LogP contribution in [0.25, 0.3) is 10.8 Å². The number of esters is 1. The number of thiazole rings is 1. The van der Waals surface area contributed by atoms with Crippen LogP contribution in [0.4, 0.5) is 10.5 Å². The van der Waals surface area contributed by atoms with E-state index in [-0.39, 0.29) is 24.2 Å². The van der Waals surface area contributed by atoms with Gasteiger partial charge < -0.3 is 19.9 Å². The summed E-state index contributed by atoms with van der Waals surface area (Å²) < 4.78 is 5.13. The van der Waals surface area contributed by atoms with E-state index in [1.165, 1.54) is 11.3 Å². The molecule has 3 aromatic rings. The van der Waals surface area contributed by atoms with Gasteiger partial charge in [-0.25, -0.2) is 24.5 Å². The number of aromatic nitrogens is 3. The van der Waals surface area contributed by atoms with Crippen LogP contribution in [0.15, 0.2) is 54.2 Å². The Bertz CT molecular complexity index is 1080. The number of nitrogens with zero attached hydrogens (tertiary/aromatic N) is 5. The monoisotopic (exact) mass is 452 g/mol. The van der Waals surface area contributed by atoms with Crippen molar-refractivity contribution in [3.05, 3.63) is 59.9 Å². The summed E-state index contributed by atoms with van der Waals surface area (Å²) in [4.78, 5) is 52.6. The minimum Gasteiger partial charge on any atom is -0.451 e. The highest BCUT2D eigenvalue weighted by molar-refractivity contribution is 7.13. The number of anilines is 1. The molecular formula is C21H20N6O4S. The molecule has 10 nitrogen and oxygen atoms in total. The Morgan fingerprint density at radius 2 is 1.66 bits per heavy atom. The third kappa shape index (κ3) is 5.24. The summed E-state index contributed by atoms with van der Waals surface area (Å²) >= 11 is 1.22. The first-order chi connectivity index (χ1) is 15.6. The first kappa shape index (κ1) is 21.4. The second kappa shape index (κ2) is 9.96. The first-order valence-electron chi connectivity index (χ1n) is 9.89. The molecule has 0 radical (unpaired) electrons. The SMILES string of the molecule is O=C(OCC(=O)N1CCN(C(=O)Nc2ccccc2)CC1)c1csc(-c2ncccn2)n1. The molecule has 0 atom stereocenters. The third-order valence-corrected chi connectivity index (χ3v) is 5.58. The van der Waals surface area contributed by atoms with E-state index in [1.807, 2.05) is 30.3 Å². The van der Waals surface area contributed by atoms with Gasteiger partial charge in [0.2, 0.25) is 0 Å². The van der Waals surface area contributed by atoms with E-state index in [2.05, 4.69) is 20.3 Å². The molecule has 0 unspecified atom stereocenters. The maximum absolute atomic E-state index is 12.4. The van der Waals surface area contributed by atoms with Gasteiger partial charge in [-0.1, -0.05) is 18.2 Å². The van der Waals surface area contributed by atoms with Crippen molar-refractivity contribution in [2.24, 2.45) is 0 Å². The lowest BCUT2D eigenvalue weighted by atomic mass is 10.3. The molecule has 0 saturated carbocycles. The fourth-order valence-electron chi connectivity index (χ4n) is 3.06. The van der Waals surface area contributed by atoms with Gasteiger partial charge in [0.05, 0.1) is 0 Å². The van der Waals surface area contributed by atoms with Crippen LogP contribution in [-0.4, -0.2) is 75.4 Å². The van der Waals surface area contributed by atoms with Gasteiger partial charge in [-0.05, 0) is 18.2 Å². The van der Waals surface area contributed by atoms with E-state index in [0.29, 0.717) is 42.7 Å². The Morgan fingerprint density at radius 3 is 2.38 bits per heavy atom. The summed E-state index contributed by atoms with van der Waals surface area (Å²) in [6.07, 6.45) is 3.18. The summed E-state index contributed by atoms with van der Waals surface area (Å²) in [6.45, 7) is 1.13. The van der Waals surface area contributed by atoms with Crippen LogP contribution in [0.2, 0.25) is 0 Å². The lowest BCUT2D eigenvalue weighted by Gasteiger charge is -2.34. The van der Waals surface area contributed by atoms with E-state index in [9.17, 15) is 14.4 Å². The highest BCUT2D eigenvalue weighted by Crippen LogP contribution is 2.20. The number of nitrogens with one attached hydrogen (secondary N) is 1. The Balaban J connectivity index is 1.23. The average Bonchev–Trinajstić information content (AvgIpc) is 3.34. The Kier molecular flexibility index (Phi) is 6.66. The third-order valence-electron chi connectivity index (χ3n) is 4.74. The van der Waals surface area contributed by atoms with Crippen LogP contribution in [0.5, 0.6) is 0 Å². The van der Waals surface area contributed by atoms with Crippen molar-refractivity contribution in [1.82, 2.24) is 24.8 Å². The molecule has 11 heteroatoms. The molecule has 0 spiro atoms. The molecule has 3 heterocycles. The van der Waals surface area contributed by atoms with Crippen LogP contribution in [-0.2, 0) is 9.53 Å². The van der Waals surface area contributed by atoms with Crippen LogP contribution >= 0.6 is 11.3 Å². The van der Waals surface area contributed by atoms with Crippen LogP contribution in [0, 0.1) is 0 Å². The van der Waals surface area contributed by atoms with Crippen molar-refractivity contribution < 1.29 is 19.1 Å². The molecular weight excluding hydrogens is 432 g/mol. The number of amides is 3. The van der Waals surface area contributed by atoms with Crippen LogP contribution in [0.3, 0.4) is 0 Å². The van der Waals surface area contributed by atoms with E-state index in [1.54, 1.807) is 33.6 Å². The maximum atomic E-state index is 12.4. The minimum absolute atomic E-state index is 0.104. The predicted molar refractivity (Wildman–Crippen MR) is 117 cm³/mol. The summed E-state index contributed by atoms with van der Waals surface area (Å²) in [5.41, 5.74) is 0.819. The molecule has 4 rings (SSSR count). The quantitative estimate of drug-likeness (QED) is 0.589. The van der Waals surface area contributed by atoms with Crippen LogP contribution in [0.1, 0.15) is 10.5 Å². The van der Waals surface area contributed by atoms with E-state index in [4.69, 9.17) is 4.74 Å². The summed E-state index contributed by atoms with van der Waals surface area (Å²) in [5.74, 6) is -0.581. The predicted octanol–water partition coefficient (Wildman–Crippen LogP) is 2.13. The van der Waals surface area contributed by atoms with E-state index >= 15 is 0 Å². The number of carbonyl (C=O) groups excluding carboxylic acids is 3. The van der Waals surface area contributed by atoms with Crippen molar-refractivity contribution in [2.75, 3.05) is 38.1 Å². The molecule has 3 amide bonds. The van der Waals surface area contributed by atoms with Gasteiger partial charge in [-0.3, -0.25) is 4.79 Å². The number of rotatable bonds is 5. The fourth-order valence-corrected chi connectivity index (χ4v) is 3.79. The van der Waals surface area contributed by atoms with Crippen molar-refractivity contribution >= 4 is 34.9 Å². The van der Waals surface area contributed by atoms with Gasteiger partial charge >= 0.3 is 12.0 Å². The number of piperazine rings is 1. The first-order valence-corrected chi connectivity index (χ1v) is 10.8. The Labute approximate surface area is 187 Å².